The highest BCUT2D eigenvalue weighted by Gasteiger charge is 2.13. The van der Waals surface area contributed by atoms with E-state index in [4.69, 9.17) is 4.74 Å². The van der Waals surface area contributed by atoms with Gasteiger partial charge in [0.05, 0.1) is 19.8 Å². The molecule has 6 nitrogen and oxygen atoms in total. The van der Waals surface area contributed by atoms with Crippen molar-refractivity contribution in [2.24, 2.45) is 0 Å². The van der Waals surface area contributed by atoms with Crippen LogP contribution in [0.4, 0.5) is 10.5 Å². The normalized spacial score (nSPS) is 14.7. The number of carbonyl (C=O) groups excluding carboxylic acids is 2. The Bertz CT molecular complexity index is 493. The molecule has 2 rings (SSSR count). The maximum absolute atomic E-state index is 12.0. The molecule has 1 heterocycles. The van der Waals surface area contributed by atoms with Gasteiger partial charge in [0.2, 0.25) is 0 Å². The zero-order valence-electron chi connectivity index (χ0n) is 12.5. The molecule has 114 valence electrons. The highest BCUT2D eigenvalue weighted by atomic mass is 16.5. The standard InChI is InChI=1S/C15H21N3O3/c1-17(2)15(20)16-11-14(19)12-3-5-13(6-4-12)18-7-9-21-10-8-18/h3-6H,7-11H2,1-2H3,(H,16,20). The van der Waals surface area contributed by atoms with Gasteiger partial charge in [-0.2, -0.15) is 0 Å². The number of nitrogens with one attached hydrogen (secondary N) is 1. The van der Waals surface area contributed by atoms with E-state index in [-0.39, 0.29) is 18.4 Å². The summed E-state index contributed by atoms with van der Waals surface area (Å²) in [5, 5.41) is 2.57. The maximum Gasteiger partial charge on any atom is 0.317 e. The lowest BCUT2D eigenvalue weighted by atomic mass is 10.1. The molecule has 1 aliphatic heterocycles. The van der Waals surface area contributed by atoms with Gasteiger partial charge in [0.15, 0.2) is 5.78 Å². The van der Waals surface area contributed by atoms with Gasteiger partial charge < -0.3 is 19.9 Å². The molecule has 2 amide bonds. The van der Waals surface area contributed by atoms with Crippen LogP contribution in [-0.2, 0) is 4.74 Å². The summed E-state index contributed by atoms with van der Waals surface area (Å²) >= 11 is 0. The second-order valence-electron chi connectivity index (χ2n) is 5.12. The van der Waals surface area contributed by atoms with Crippen molar-refractivity contribution in [3.63, 3.8) is 0 Å². The molecule has 1 aliphatic rings. The predicted octanol–water partition coefficient (Wildman–Crippen LogP) is 0.977. The number of nitrogens with zero attached hydrogens (tertiary/aromatic N) is 2. The topological polar surface area (TPSA) is 61.9 Å². The first-order valence-corrected chi connectivity index (χ1v) is 6.99. The number of carbonyl (C=O) groups is 2. The third-order valence-electron chi connectivity index (χ3n) is 3.37. The Morgan fingerprint density at radius 3 is 2.38 bits per heavy atom. The van der Waals surface area contributed by atoms with E-state index in [1.54, 1.807) is 26.2 Å². The van der Waals surface area contributed by atoms with E-state index in [1.165, 1.54) is 4.90 Å². The van der Waals surface area contributed by atoms with E-state index >= 15 is 0 Å². The number of hydrogen-bond donors (Lipinski definition) is 1. The van der Waals surface area contributed by atoms with Gasteiger partial charge in [-0.25, -0.2) is 4.79 Å². The van der Waals surface area contributed by atoms with E-state index in [1.807, 2.05) is 12.1 Å². The van der Waals surface area contributed by atoms with E-state index < -0.39 is 0 Å². The smallest absolute Gasteiger partial charge is 0.317 e. The van der Waals surface area contributed by atoms with Crippen LogP contribution in [0.3, 0.4) is 0 Å². The second kappa shape index (κ2) is 7.08. The SMILES string of the molecule is CN(C)C(=O)NCC(=O)c1ccc(N2CCOCC2)cc1. The van der Waals surface area contributed by atoms with Crippen LogP contribution in [-0.4, -0.2) is 63.7 Å². The minimum Gasteiger partial charge on any atom is -0.378 e. The minimum atomic E-state index is -0.270. The fourth-order valence-corrected chi connectivity index (χ4v) is 2.10. The largest absolute Gasteiger partial charge is 0.378 e. The summed E-state index contributed by atoms with van der Waals surface area (Å²) in [4.78, 5) is 27.0. The van der Waals surface area contributed by atoms with Gasteiger partial charge in [-0.3, -0.25) is 4.79 Å². The van der Waals surface area contributed by atoms with Gasteiger partial charge in [-0.1, -0.05) is 0 Å². The van der Waals surface area contributed by atoms with Gasteiger partial charge in [-0.05, 0) is 24.3 Å². The Hall–Kier alpha value is -2.08. The molecule has 0 atom stereocenters. The highest BCUT2D eigenvalue weighted by Crippen LogP contribution is 2.16. The molecule has 0 radical (unpaired) electrons. The first-order valence-electron chi connectivity index (χ1n) is 6.99. The van der Waals surface area contributed by atoms with Crippen LogP contribution in [0.1, 0.15) is 10.4 Å². The van der Waals surface area contributed by atoms with Crippen LogP contribution < -0.4 is 10.2 Å². The molecular formula is C15H21N3O3. The molecular weight excluding hydrogens is 270 g/mol. The van der Waals surface area contributed by atoms with Crippen molar-refractivity contribution in [2.75, 3.05) is 51.8 Å². The first kappa shape index (κ1) is 15.3. The second-order valence-corrected chi connectivity index (χ2v) is 5.12. The number of morpholine rings is 1. The lowest BCUT2D eigenvalue weighted by Crippen LogP contribution is -2.37. The number of urea groups is 1. The third kappa shape index (κ3) is 4.19. The predicted molar refractivity (Wildman–Crippen MR) is 80.9 cm³/mol. The van der Waals surface area contributed by atoms with Crippen molar-refractivity contribution in [3.05, 3.63) is 29.8 Å². The van der Waals surface area contributed by atoms with Crippen LogP contribution in [0.5, 0.6) is 0 Å². The molecule has 0 unspecified atom stereocenters. The van der Waals surface area contributed by atoms with Gasteiger partial charge in [-0.15, -0.1) is 0 Å². The van der Waals surface area contributed by atoms with Crippen molar-refractivity contribution in [2.45, 2.75) is 0 Å². The van der Waals surface area contributed by atoms with Gasteiger partial charge in [0, 0.05) is 38.4 Å². The van der Waals surface area contributed by atoms with Crippen molar-refractivity contribution in [1.82, 2.24) is 10.2 Å². The molecule has 0 bridgehead atoms. The van der Waals surface area contributed by atoms with E-state index in [2.05, 4.69) is 10.2 Å². The fourth-order valence-electron chi connectivity index (χ4n) is 2.10. The average Bonchev–Trinajstić information content (AvgIpc) is 2.53. The number of ketones is 1. The number of amides is 2. The number of anilines is 1. The zero-order chi connectivity index (χ0) is 15.2. The third-order valence-corrected chi connectivity index (χ3v) is 3.37. The van der Waals surface area contributed by atoms with E-state index in [0.717, 1.165) is 32.0 Å². The van der Waals surface area contributed by atoms with Crippen molar-refractivity contribution in [3.8, 4) is 0 Å². The Labute approximate surface area is 124 Å². The van der Waals surface area contributed by atoms with Crippen LogP contribution in [0.2, 0.25) is 0 Å². The summed E-state index contributed by atoms with van der Waals surface area (Å²) in [5.74, 6) is -0.0984. The van der Waals surface area contributed by atoms with E-state index in [9.17, 15) is 9.59 Å². The molecule has 1 saturated heterocycles. The zero-order valence-corrected chi connectivity index (χ0v) is 12.5. The number of benzene rings is 1. The number of hydrogen-bond acceptors (Lipinski definition) is 4. The van der Waals surface area contributed by atoms with Crippen LogP contribution in [0, 0.1) is 0 Å². The molecule has 6 heteroatoms. The summed E-state index contributed by atoms with van der Waals surface area (Å²) in [5.41, 5.74) is 1.69. The molecule has 0 spiro atoms. The number of rotatable bonds is 4. The molecule has 0 aliphatic carbocycles. The van der Waals surface area contributed by atoms with Crippen molar-refractivity contribution >= 4 is 17.5 Å². The highest BCUT2D eigenvalue weighted by molar-refractivity contribution is 5.99. The quantitative estimate of drug-likeness (QED) is 0.840. The summed E-state index contributed by atoms with van der Waals surface area (Å²) < 4.78 is 5.32. The Kier molecular flexibility index (Phi) is 5.16. The molecule has 21 heavy (non-hydrogen) atoms. The van der Waals surface area contributed by atoms with E-state index in [0.29, 0.717) is 5.56 Å². The van der Waals surface area contributed by atoms with Crippen LogP contribution in [0.15, 0.2) is 24.3 Å². The number of ether oxygens (including phenoxy) is 1. The van der Waals surface area contributed by atoms with Crippen molar-refractivity contribution in [1.29, 1.82) is 0 Å². The summed E-state index contributed by atoms with van der Waals surface area (Å²) in [6.07, 6.45) is 0. The van der Waals surface area contributed by atoms with Crippen molar-refractivity contribution < 1.29 is 14.3 Å². The van der Waals surface area contributed by atoms with Gasteiger partial charge in [0.1, 0.15) is 0 Å². The molecule has 1 fully saturated rings. The van der Waals surface area contributed by atoms with Gasteiger partial charge in [0.25, 0.3) is 0 Å². The molecule has 1 N–H and O–H groups in total. The summed E-state index contributed by atoms with van der Waals surface area (Å²) in [7, 11) is 3.27. The minimum absolute atomic E-state index is 0.00785. The monoisotopic (exact) mass is 291 g/mol. The lowest BCUT2D eigenvalue weighted by molar-refractivity contribution is 0.0990. The lowest BCUT2D eigenvalue weighted by Gasteiger charge is -2.28. The first-order chi connectivity index (χ1) is 10.1. The van der Waals surface area contributed by atoms with Gasteiger partial charge >= 0.3 is 6.03 Å². The summed E-state index contributed by atoms with van der Waals surface area (Å²) in [6, 6.07) is 7.20. The Balaban J connectivity index is 1.91. The Morgan fingerprint density at radius 2 is 1.81 bits per heavy atom. The fraction of sp³-hybridized carbons (Fsp3) is 0.467. The summed E-state index contributed by atoms with van der Waals surface area (Å²) in [6.45, 7) is 3.21. The molecule has 0 saturated carbocycles. The maximum atomic E-state index is 12.0. The molecule has 1 aromatic carbocycles. The average molecular weight is 291 g/mol. The van der Waals surface area contributed by atoms with Crippen LogP contribution in [0.25, 0.3) is 0 Å². The number of Topliss-reactive ketones (excluding diaryl/α,β-unsaturated/α-hetero) is 1. The molecule has 1 aromatic rings. The Morgan fingerprint density at radius 1 is 1.19 bits per heavy atom. The van der Waals surface area contributed by atoms with Crippen LogP contribution >= 0.6 is 0 Å². The molecule has 0 aromatic heterocycles.